The van der Waals surface area contributed by atoms with Gasteiger partial charge in [-0.1, -0.05) is 11.6 Å². The number of hydrogen-bond donors (Lipinski definition) is 1. The summed E-state index contributed by atoms with van der Waals surface area (Å²) in [4.78, 5) is 0.845. The molecule has 1 atom stereocenters. The summed E-state index contributed by atoms with van der Waals surface area (Å²) in [5, 5.41) is 16.9. The van der Waals surface area contributed by atoms with Crippen LogP contribution in [-0.2, 0) is 7.05 Å². The third-order valence-electron chi connectivity index (χ3n) is 2.36. The minimum Gasteiger partial charge on any atom is -0.383 e. The third kappa shape index (κ3) is 1.93. The zero-order valence-electron chi connectivity index (χ0n) is 8.74. The zero-order valence-corrected chi connectivity index (χ0v) is 11.9. The number of thiophene rings is 1. The number of halogens is 2. The van der Waals surface area contributed by atoms with Crippen LogP contribution in [0, 0.1) is 6.92 Å². The first kappa shape index (κ1) is 12.1. The van der Waals surface area contributed by atoms with E-state index in [1.54, 1.807) is 11.7 Å². The fourth-order valence-electron chi connectivity index (χ4n) is 1.59. The van der Waals surface area contributed by atoms with Crippen molar-refractivity contribution in [3.63, 3.8) is 0 Å². The highest BCUT2D eigenvalue weighted by atomic mass is 79.9. The maximum absolute atomic E-state index is 10.3. The number of hydrogen-bond acceptors (Lipinski definition) is 3. The Hall–Kier alpha value is -0.360. The highest BCUT2D eigenvalue weighted by Gasteiger charge is 2.23. The summed E-state index contributed by atoms with van der Waals surface area (Å²) in [6.07, 6.45) is -0.726. The Labute approximate surface area is 111 Å². The smallest absolute Gasteiger partial charge is 0.133 e. The van der Waals surface area contributed by atoms with E-state index in [0.717, 1.165) is 15.0 Å². The van der Waals surface area contributed by atoms with E-state index in [1.165, 1.54) is 11.3 Å². The van der Waals surface area contributed by atoms with E-state index in [0.29, 0.717) is 10.7 Å². The van der Waals surface area contributed by atoms with Gasteiger partial charge in [0.2, 0.25) is 0 Å². The van der Waals surface area contributed by atoms with Crippen molar-refractivity contribution in [1.82, 2.24) is 9.78 Å². The molecule has 1 unspecified atom stereocenters. The van der Waals surface area contributed by atoms with E-state index in [9.17, 15) is 5.11 Å². The molecule has 0 radical (unpaired) electrons. The SMILES string of the molecule is Cc1nn(C)c(Cl)c1C(O)c1sccc1Br. The Kier molecular flexibility index (Phi) is 3.39. The molecule has 2 heterocycles. The van der Waals surface area contributed by atoms with Crippen LogP contribution in [0.1, 0.15) is 22.2 Å². The van der Waals surface area contributed by atoms with Crippen molar-refractivity contribution in [1.29, 1.82) is 0 Å². The number of aliphatic hydroxyl groups excluding tert-OH is 1. The summed E-state index contributed by atoms with van der Waals surface area (Å²) in [7, 11) is 1.76. The molecule has 2 rings (SSSR count). The summed E-state index contributed by atoms with van der Waals surface area (Å²) < 4.78 is 2.46. The quantitative estimate of drug-likeness (QED) is 0.921. The van der Waals surface area contributed by atoms with Crippen molar-refractivity contribution >= 4 is 38.9 Å². The topological polar surface area (TPSA) is 38.0 Å². The molecule has 1 N–H and O–H groups in total. The number of aromatic nitrogens is 2. The van der Waals surface area contributed by atoms with Crippen molar-refractivity contribution in [3.05, 3.63) is 37.2 Å². The molecular formula is C10H10BrClN2OS. The summed E-state index contributed by atoms with van der Waals surface area (Å²) in [5.74, 6) is 0. The summed E-state index contributed by atoms with van der Waals surface area (Å²) in [5.41, 5.74) is 1.42. The van der Waals surface area contributed by atoms with Crippen LogP contribution in [0.25, 0.3) is 0 Å². The average Bonchev–Trinajstić information content (AvgIpc) is 2.73. The molecule has 2 aromatic rings. The van der Waals surface area contributed by atoms with Crippen molar-refractivity contribution in [2.45, 2.75) is 13.0 Å². The van der Waals surface area contributed by atoms with E-state index >= 15 is 0 Å². The van der Waals surface area contributed by atoms with Crippen molar-refractivity contribution in [2.24, 2.45) is 7.05 Å². The molecule has 0 aliphatic heterocycles. The number of rotatable bonds is 2. The van der Waals surface area contributed by atoms with Gasteiger partial charge in [-0.15, -0.1) is 11.3 Å². The van der Waals surface area contributed by atoms with Crippen LogP contribution in [0.2, 0.25) is 5.15 Å². The molecule has 0 amide bonds. The lowest BCUT2D eigenvalue weighted by Gasteiger charge is -2.09. The largest absolute Gasteiger partial charge is 0.383 e. The monoisotopic (exact) mass is 320 g/mol. The lowest BCUT2D eigenvalue weighted by Crippen LogP contribution is -1.99. The van der Waals surface area contributed by atoms with Crippen LogP contribution < -0.4 is 0 Å². The van der Waals surface area contributed by atoms with Gasteiger partial charge in [0.1, 0.15) is 11.3 Å². The summed E-state index contributed by atoms with van der Waals surface area (Å²) in [6.45, 7) is 1.84. The second-order valence-electron chi connectivity index (χ2n) is 3.45. The van der Waals surface area contributed by atoms with Gasteiger partial charge in [-0.2, -0.15) is 5.10 Å². The standard InChI is InChI=1S/C10H10BrClN2OS/c1-5-7(10(12)14(2)13-5)8(15)9-6(11)3-4-16-9/h3-4,8,15H,1-2H3. The first-order valence-corrected chi connectivity index (χ1v) is 6.67. The molecule has 0 spiro atoms. The molecule has 6 heteroatoms. The van der Waals surface area contributed by atoms with Gasteiger partial charge in [0.15, 0.2) is 0 Å². The van der Waals surface area contributed by atoms with Crippen molar-refractivity contribution in [2.75, 3.05) is 0 Å². The van der Waals surface area contributed by atoms with E-state index in [4.69, 9.17) is 11.6 Å². The highest BCUT2D eigenvalue weighted by molar-refractivity contribution is 9.10. The van der Waals surface area contributed by atoms with Crippen LogP contribution >= 0.6 is 38.9 Å². The Morgan fingerprint density at radius 3 is 2.75 bits per heavy atom. The molecule has 0 saturated carbocycles. The van der Waals surface area contributed by atoms with Crippen LogP contribution in [0.15, 0.2) is 15.9 Å². The van der Waals surface area contributed by atoms with Crippen LogP contribution in [0.4, 0.5) is 0 Å². The first-order valence-electron chi connectivity index (χ1n) is 4.62. The van der Waals surface area contributed by atoms with Gasteiger partial charge >= 0.3 is 0 Å². The number of aliphatic hydroxyl groups is 1. The molecule has 0 aliphatic carbocycles. The van der Waals surface area contributed by atoms with Crippen molar-refractivity contribution < 1.29 is 5.11 Å². The van der Waals surface area contributed by atoms with Gasteiger partial charge < -0.3 is 5.11 Å². The zero-order chi connectivity index (χ0) is 11.9. The van der Waals surface area contributed by atoms with Crippen LogP contribution in [-0.4, -0.2) is 14.9 Å². The molecular weight excluding hydrogens is 312 g/mol. The molecule has 3 nitrogen and oxygen atoms in total. The molecule has 16 heavy (non-hydrogen) atoms. The Balaban J connectivity index is 2.49. The first-order chi connectivity index (χ1) is 7.52. The van der Waals surface area contributed by atoms with E-state index in [1.807, 2.05) is 18.4 Å². The Morgan fingerprint density at radius 1 is 1.62 bits per heavy atom. The molecule has 0 aromatic carbocycles. The van der Waals surface area contributed by atoms with Gasteiger partial charge in [0.05, 0.1) is 10.6 Å². The molecule has 0 aliphatic rings. The van der Waals surface area contributed by atoms with E-state index in [-0.39, 0.29) is 0 Å². The molecule has 0 saturated heterocycles. The Bertz CT molecular complexity index is 523. The van der Waals surface area contributed by atoms with Gasteiger partial charge in [-0.05, 0) is 34.3 Å². The van der Waals surface area contributed by atoms with E-state index < -0.39 is 6.10 Å². The third-order valence-corrected chi connectivity index (χ3v) is 4.73. The lowest BCUT2D eigenvalue weighted by molar-refractivity contribution is 0.223. The van der Waals surface area contributed by atoms with Gasteiger partial charge in [0, 0.05) is 17.1 Å². The Morgan fingerprint density at radius 2 is 2.31 bits per heavy atom. The highest BCUT2D eigenvalue weighted by Crippen LogP contribution is 2.36. The second-order valence-corrected chi connectivity index (χ2v) is 5.61. The number of nitrogens with zero attached hydrogens (tertiary/aromatic N) is 2. The van der Waals surface area contributed by atoms with E-state index in [2.05, 4.69) is 21.0 Å². The predicted molar refractivity (Wildman–Crippen MR) is 69.0 cm³/mol. The normalized spacial score (nSPS) is 13.1. The van der Waals surface area contributed by atoms with Gasteiger partial charge in [-0.25, -0.2) is 0 Å². The minimum atomic E-state index is -0.726. The minimum absolute atomic E-state index is 0.477. The molecule has 0 fully saturated rings. The lowest BCUT2D eigenvalue weighted by atomic mass is 10.1. The second kappa shape index (κ2) is 4.49. The van der Waals surface area contributed by atoms with Crippen LogP contribution in [0.5, 0.6) is 0 Å². The predicted octanol–water partition coefficient (Wildman–Crippen LogP) is 3.29. The van der Waals surface area contributed by atoms with Crippen LogP contribution in [0.3, 0.4) is 0 Å². The molecule has 86 valence electrons. The molecule has 0 bridgehead atoms. The fraction of sp³-hybridized carbons (Fsp3) is 0.300. The van der Waals surface area contributed by atoms with Gasteiger partial charge in [-0.3, -0.25) is 4.68 Å². The summed E-state index contributed by atoms with van der Waals surface area (Å²) in [6, 6.07) is 1.91. The maximum atomic E-state index is 10.3. The fourth-order valence-corrected chi connectivity index (χ4v) is 3.45. The van der Waals surface area contributed by atoms with Crippen molar-refractivity contribution in [3.8, 4) is 0 Å². The average molecular weight is 322 g/mol. The number of aryl methyl sites for hydroxylation is 2. The molecule has 2 aromatic heterocycles. The maximum Gasteiger partial charge on any atom is 0.133 e. The van der Waals surface area contributed by atoms with Gasteiger partial charge in [0.25, 0.3) is 0 Å². The summed E-state index contributed by atoms with van der Waals surface area (Å²) >= 11 is 11.0.